The lowest BCUT2D eigenvalue weighted by Crippen LogP contribution is -1.94. The molecule has 0 unspecified atom stereocenters. The minimum atomic E-state index is 0.744. The second-order valence-corrected chi connectivity index (χ2v) is 2.97. The van der Waals surface area contributed by atoms with Crippen molar-refractivity contribution in [3.63, 3.8) is 0 Å². The lowest BCUT2D eigenvalue weighted by atomic mass is 10.00. The van der Waals surface area contributed by atoms with Crippen LogP contribution in [-0.2, 0) is 0 Å². The maximum Gasteiger partial charge on any atom is 0.150 e. The van der Waals surface area contributed by atoms with E-state index in [9.17, 15) is 4.79 Å². The van der Waals surface area contributed by atoms with Crippen LogP contribution in [0.4, 0.5) is 0 Å². The molecular formula is C10H10OS. The van der Waals surface area contributed by atoms with Crippen LogP contribution < -0.4 is 0 Å². The largest absolute Gasteiger partial charge is 0.298 e. The lowest BCUT2D eigenvalue weighted by molar-refractivity contribution is 0.112. The zero-order chi connectivity index (χ0) is 9.14. The number of benzene rings is 1. The maximum atomic E-state index is 10.5. The van der Waals surface area contributed by atoms with Gasteiger partial charge in [0.2, 0.25) is 0 Å². The van der Waals surface area contributed by atoms with E-state index in [1.54, 1.807) is 11.4 Å². The van der Waals surface area contributed by atoms with Gasteiger partial charge in [-0.15, -0.1) is 0 Å². The van der Waals surface area contributed by atoms with Crippen molar-refractivity contribution in [3.05, 3.63) is 34.4 Å². The summed E-state index contributed by atoms with van der Waals surface area (Å²) >= 11 is 4.83. The first-order valence-corrected chi connectivity index (χ1v) is 4.18. The molecule has 0 saturated carbocycles. The van der Waals surface area contributed by atoms with Gasteiger partial charge in [0.05, 0.1) is 0 Å². The fourth-order valence-corrected chi connectivity index (χ4v) is 1.37. The summed E-state index contributed by atoms with van der Waals surface area (Å²) in [4.78, 5) is 10.5. The van der Waals surface area contributed by atoms with E-state index in [0.717, 1.165) is 28.5 Å². The Morgan fingerprint density at radius 3 is 2.17 bits per heavy atom. The summed E-state index contributed by atoms with van der Waals surface area (Å²) < 4.78 is 0. The molecule has 0 amide bonds. The molecule has 1 aromatic carbocycles. The van der Waals surface area contributed by atoms with Crippen molar-refractivity contribution >= 4 is 23.9 Å². The monoisotopic (exact) mass is 178 g/mol. The Morgan fingerprint density at radius 1 is 1.17 bits per heavy atom. The number of aldehydes is 1. The fraction of sp³-hybridized carbons (Fsp3) is 0.200. The molecule has 1 nitrogen and oxygen atoms in total. The highest BCUT2D eigenvalue weighted by molar-refractivity contribution is 7.79. The van der Waals surface area contributed by atoms with Crippen LogP contribution in [0.25, 0.3) is 0 Å². The molecule has 2 heteroatoms. The third-order valence-electron chi connectivity index (χ3n) is 2.12. The Labute approximate surface area is 77.4 Å². The van der Waals surface area contributed by atoms with Crippen LogP contribution in [0.3, 0.4) is 0 Å². The predicted octanol–water partition coefficient (Wildman–Crippen LogP) is 2.46. The zero-order valence-electron chi connectivity index (χ0n) is 7.13. The van der Waals surface area contributed by atoms with Gasteiger partial charge in [-0.25, -0.2) is 0 Å². The topological polar surface area (TPSA) is 17.1 Å². The molecule has 0 atom stereocenters. The van der Waals surface area contributed by atoms with E-state index in [4.69, 9.17) is 12.2 Å². The van der Waals surface area contributed by atoms with Crippen molar-refractivity contribution < 1.29 is 4.79 Å². The second-order valence-electron chi connectivity index (χ2n) is 2.73. The van der Waals surface area contributed by atoms with E-state index in [-0.39, 0.29) is 0 Å². The average molecular weight is 178 g/mol. The maximum absolute atomic E-state index is 10.5. The van der Waals surface area contributed by atoms with Gasteiger partial charge in [-0.3, -0.25) is 4.79 Å². The van der Waals surface area contributed by atoms with Crippen molar-refractivity contribution in [2.75, 3.05) is 0 Å². The number of thiocarbonyl (C=S) groups is 1. The Bertz CT molecular complexity index is 296. The Hall–Kier alpha value is -1.02. The summed E-state index contributed by atoms with van der Waals surface area (Å²) in [7, 11) is 0. The van der Waals surface area contributed by atoms with Crippen LogP contribution in [0.5, 0.6) is 0 Å². The van der Waals surface area contributed by atoms with Gasteiger partial charge in [0.25, 0.3) is 0 Å². The van der Waals surface area contributed by atoms with Crippen LogP contribution >= 0.6 is 12.2 Å². The smallest absolute Gasteiger partial charge is 0.150 e. The first-order chi connectivity index (χ1) is 5.70. The Morgan fingerprint density at radius 2 is 1.67 bits per heavy atom. The number of carbonyl (C=O) groups is 1. The molecule has 1 aromatic rings. The molecule has 0 aliphatic rings. The summed E-state index contributed by atoms with van der Waals surface area (Å²) in [6.45, 7) is 3.90. The van der Waals surface area contributed by atoms with E-state index in [0.29, 0.717) is 0 Å². The summed E-state index contributed by atoms with van der Waals surface area (Å²) in [6.07, 6.45) is 0.871. The molecule has 0 aromatic heterocycles. The van der Waals surface area contributed by atoms with Gasteiger partial charge in [-0.2, -0.15) is 0 Å². The quantitative estimate of drug-likeness (QED) is 0.511. The highest BCUT2D eigenvalue weighted by Gasteiger charge is 2.02. The average Bonchev–Trinajstić information content (AvgIpc) is 2.10. The molecular weight excluding hydrogens is 168 g/mol. The van der Waals surface area contributed by atoms with Crippen molar-refractivity contribution in [1.82, 2.24) is 0 Å². The van der Waals surface area contributed by atoms with Gasteiger partial charge < -0.3 is 0 Å². The van der Waals surface area contributed by atoms with Gasteiger partial charge >= 0.3 is 0 Å². The Kier molecular flexibility index (Phi) is 2.71. The van der Waals surface area contributed by atoms with Gasteiger partial charge in [-0.05, 0) is 30.5 Å². The number of carbonyl (C=O) groups excluding carboxylic acids is 1. The Balaban J connectivity index is 3.38. The highest BCUT2D eigenvalue weighted by atomic mass is 32.1. The highest BCUT2D eigenvalue weighted by Crippen LogP contribution is 2.14. The van der Waals surface area contributed by atoms with E-state index < -0.39 is 0 Å². The molecule has 1 rings (SSSR count). The molecule has 0 bridgehead atoms. The minimum absolute atomic E-state index is 0.744. The van der Waals surface area contributed by atoms with Crippen molar-refractivity contribution in [3.8, 4) is 0 Å². The standard InChI is InChI=1S/C10H10OS/c1-7-8(2)10(6-12)4-3-9(7)5-11/h3-6H,1-2H3. The molecule has 0 aliphatic heterocycles. The first kappa shape index (κ1) is 9.07. The number of hydrogen-bond donors (Lipinski definition) is 0. The van der Waals surface area contributed by atoms with Gasteiger partial charge in [0, 0.05) is 10.9 Å². The molecule has 62 valence electrons. The number of rotatable bonds is 2. The van der Waals surface area contributed by atoms with Crippen LogP contribution in [0, 0.1) is 13.8 Å². The van der Waals surface area contributed by atoms with Crippen molar-refractivity contribution in [1.29, 1.82) is 0 Å². The zero-order valence-corrected chi connectivity index (χ0v) is 7.94. The van der Waals surface area contributed by atoms with E-state index >= 15 is 0 Å². The molecule has 0 N–H and O–H groups in total. The van der Waals surface area contributed by atoms with Gasteiger partial charge in [0.1, 0.15) is 6.29 Å². The number of hydrogen-bond acceptors (Lipinski definition) is 2. The van der Waals surface area contributed by atoms with E-state index in [1.807, 2.05) is 19.9 Å². The van der Waals surface area contributed by atoms with Crippen LogP contribution in [0.1, 0.15) is 27.0 Å². The molecule has 12 heavy (non-hydrogen) atoms. The van der Waals surface area contributed by atoms with Crippen LogP contribution in [0.15, 0.2) is 12.1 Å². The minimum Gasteiger partial charge on any atom is -0.298 e. The summed E-state index contributed by atoms with van der Waals surface area (Å²) in [5.41, 5.74) is 3.87. The van der Waals surface area contributed by atoms with E-state index in [1.165, 1.54) is 0 Å². The van der Waals surface area contributed by atoms with E-state index in [2.05, 4.69) is 0 Å². The van der Waals surface area contributed by atoms with Crippen molar-refractivity contribution in [2.45, 2.75) is 13.8 Å². The summed E-state index contributed by atoms with van der Waals surface area (Å²) in [5, 5.41) is 1.64. The third-order valence-corrected chi connectivity index (χ3v) is 2.38. The molecule has 0 fully saturated rings. The van der Waals surface area contributed by atoms with Crippen LogP contribution in [0.2, 0.25) is 0 Å². The summed E-state index contributed by atoms with van der Waals surface area (Å²) in [5.74, 6) is 0. The lowest BCUT2D eigenvalue weighted by Gasteiger charge is -2.05. The molecule has 0 aliphatic carbocycles. The third kappa shape index (κ3) is 1.43. The summed E-state index contributed by atoms with van der Waals surface area (Å²) in [6, 6.07) is 3.67. The van der Waals surface area contributed by atoms with Crippen molar-refractivity contribution in [2.24, 2.45) is 0 Å². The van der Waals surface area contributed by atoms with Gasteiger partial charge in [0.15, 0.2) is 0 Å². The molecule has 0 spiro atoms. The second kappa shape index (κ2) is 3.59. The fourth-order valence-electron chi connectivity index (χ4n) is 1.12. The van der Waals surface area contributed by atoms with Crippen LogP contribution in [-0.4, -0.2) is 11.7 Å². The SMILES string of the molecule is Cc1c(C=O)ccc(C=S)c1C. The van der Waals surface area contributed by atoms with Gasteiger partial charge in [-0.1, -0.05) is 24.4 Å². The predicted molar refractivity (Wildman–Crippen MR) is 54.1 cm³/mol. The molecule has 0 radical (unpaired) electrons. The molecule has 0 heterocycles. The first-order valence-electron chi connectivity index (χ1n) is 3.71. The normalized spacial score (nSPS) is 9.50. The molecule has 0 saturated heterocycles.